The largest absolute Gasteiger partial charge is 0.494 e. The highest BCUT2D eigenvalue weighted by molar-refractivity contribution is 7.23. The molecule has 3 fully saturated rings. The summed E-state index contributed by atoms with van der Waals surface area (Å²) >= 11 is 2.89. The van der Waals surface area contributed by atoms with Crippen molar-refractivity contribution in [2.75, 3.05) is 94.1 Å². The number of aliphatic hydroxyl groups is 2. The highest BCUT2D eigenvalue weighted by Crippen LogP contribution is 2.40. The van der Waals surface area contributed by atoms with Crippen LogP contribution in [0.2, 0.25) is 0 Å². The highest BCUT2D eigenvalue weighted by atomic mass is 32.1. The van der Waals surface area contributed by atoms with Crippen LogP contribution >= 0.6 is 22.7 Å². The van der Waals surface area contributed by atoms with Crippen molar-refractivity contribution in [3.63, 3.8) is 0 Å². The zero-order chi connectivity index (χ0) is 40.5. The molecule has 17 heteroatoms. The molecule has 0 atom stereocenters. The summed E-state index contributed by atoms with van der Waals surface area (Å²) in [4.78, 5) is 40.1. The zero-order valence-electron chi connectivity index (χ0n) is 33.7. The number of methoxy groups -OCH3 is 2. The van der Waals surface area contributed by atoms with Crippen molar-refractivity contribution < 1.29 is 34.0 Å². The van der Waals surface area contributed by atoms with E-state index in [9.17, 15) is 19.8 Å². The van der Waals surface area contributed by atoms with Crippen LogP contribution in [0.5, 0.6) is 11.5 Å². The van der Waals surface area contributed by atoms with Gasteiger partial charge in [-0.2, -0.15) is 0 Å². The number of rotatable bonds is 8. The number of ether oxygens (including phenoxy) is 3. The minimum atomic E-state index is -0.687. The number of nitrogens with zero attached hydrogens (tertiary/aromatic N) is 5. The Kier molecular flexibility index (Phi) is 14.8. The van der Waals surface area contributed by atoms with E-state index in [1.807, 2.05) is 52.0 Å². The molecule has 4 aromatic rings. The number of fused-ring (bicyclic) bond motifs is 2. The fourth-order valence-corrected chi connectivity index (χ4v) is 8.54. The Balaban J connectivity index is 0.000000206. The third-order valence-electron chi connectivity index (χ3n) is 10.0. The number of thiazole rings is 2. The Morgan fingerprint density at radius 2 is 1.23 bits per heavy atom. The number of nitrogens with one attached hydrogen (secondary N) is 3. The lowest BCUT2D eigenvalue weighted by atomic mass is 9.94. The van der Waals surface area contributed by atoms with Crippen LogP contribution in [0.3, 0.4) is 0 Å². The summed E-state index contributed by atoms with van der Waals surface area (Å²) in [5.74, 6) is 1.38. The van der Waals surface area contributed by atoms with Crippen LogP contribution in [0.25, 0.3) is 20.4 Å². The van der Waals surface area contributed by atoms with Crippen LogP contribution in [-0.2, 0) is 4.74 Å². The number of carbonyl (C=O) groups excluding carboxylic acids is 2. The third-order valence-corrected chi connectivity index (χ3v) is 12.0. The van der Waals surface area contributed by atoms with Gasteiger partial charge >= 0.3 is 12.1 Å². The van der Waals surface area contributed by atoms with Gasteiger partial charge in [0, 0.05) is 45.8 Å². The van der Waals surface area contributed by atoms with Gasteiger partial charge in [0.25, 0.3) is 0 Å². The van der Waals surface area contributed by atoms with Crippen molar-refractivity contribution in [2.45, 2.75) is 77.9 Å². The highest BCUT2D eigenvalue weighted by Gasteiger charge is 2.31. The van der Waals surface area contributed by atoms with Crippen LogP contribution in [0.4, 0.5) is 31.2 Å². The second kappa shape index (κ2) is 19.3. The zero-order valence-corrected chi connectivity index (χ0v) is 35.3. The Bertz CT molecular complexity index is 1910. The molecule has 0 spiro atoms. The predicted octanol–water partition coefficient (Wildman–Crippen LogP) is 7.05. The van der Waals surface area contributed by atoms with Gasteiger partial charge < -0.3 is 44.4 Å². The molecule has 3 aliphatic heterocycles. The van der Waals surface area contributed by atoms with Gasteiger partial charge in [-0.05, 0) is 70.2 Å². The molecule has 56 heavy (non-hydrogen) atoms. The number of urea groups is 2. The number of carbonyl (C=O) groups is 2. The van der Waals surface area contributed by atoms with Crippen molar-refractivity contribution >= 4 is 76.8 Å². The van der Waals surface area contributed by atoms with E-state index in [0.717, 1.165) is 57.9 Å². The molecule has 0 unspecified atom stereocenters. The number of likely N-dealkylation sites (tertiary alicyclic amines) is 2. The number of hydrogen-bond acceptors (Lipinski definition) is 13. The summed E-state index contributed by atoms with van der Waals surface area (Å²) in [6.45, 7) is 15.8. The van der Waals surface area contributed by atoms with Gasteiger partial charge in [-0.1, -0.05) is 43.4 Å². The summed E-state index contributed by atoms with van der Waals surface area (Å²) in [5, 5.41) is 30.4. The Labute approximate surface area is 337 Å². The summed E-state index contributed by atoms with van der Waals surface area (Å²) in [6.07, 6.45) is 3.34. The summed E-state index contributed by atoms with van der Waals surface area (Å²) in [5.41, 5.74) is 2.22. The van der Waals surface area contributed by atoms with E-state index in [-0.39, 0.29) is 12.1 Å². The molecule has 0 aliphatic carbocycles. The minimum Gasteiger partial charge on any atom is -0.494 e. The van der Waals surface area contributed by atoms with Gasteiger partial charge in [-0.15, -0.1) is 0 Å². The molecule has 2 aromatic carbocycles. The molecule has 5 N–H and O–H groups in total. The van der Waals surface area contributed by atoms with Gasteiger partial charge in [-0.25, -0.2) is 19.6 Å². The molecular weight excluding hydrogens is 757 g/mol. The average molecular weight is 815 g/mol. The Morgan fingerprint density at radius 3 is 1.71 bits per heavy atom. The molecule has 0 bridgehead atoms. The van der Waals surface area contributed by atoms with Crippen LogP contribution < -0.4 is 30.3 Å². The number of amides is 4. The van der Waals surface area contributed by atoms with E-state index in [0.29, 0.717) is 86.8 Å². The number of anilines is 4. The fraction of sp³-hybridized carbons (Fsp3) is 0.590. The molecule has 7 rings (SSSR count). The second-order valence-corrected chi connectivity index (χ2v) is 16.3. The van der Waals surface area contributed by atoms with Crippen molar-refractivity contribution in [3.8, 4) is 11.5 Å². The molecule has 4 amide bonds. The molecule has 308 valence electrons. The van der Waals surface area contributed by atoms with E-state index in [1.165, 1.54) is 22.7 Å². The van der Waals surface area contributed by atoms with Crippen molar-refractivity contribution in [1.82, 2.24) is 19.8 Å². The quantitative estimate of drug-likeness (QED) is 0.123. The predicted molar refractivity (Wildman–Crippen MR) is 226 cm³/mol. The van der Waals surface area contributed by atoms with E-state index < -0.39 is 11.2 Å². The molecule has 15 nitrogen and oxygen atoms in total. The molecular formula is C39H58N8O7S2. The molecule has 3 saturated heterocycles. The molecule has 0 radical (unpaired) electrons. The maximum Gasteiger partial charge on any atom is 0.323 e. The summed E-state index contributed by atoms with van der Waals surface area (Å²) in [7, 11) is 3.24. The van der Waals surface area contributed by atoms with Gasteiger partial charge in [0.15, 0.2) is 10.3 Å². The average Bonchev–Trinajstić information content (AvgIpc) is 3.82. The van der Waals surface area contributed by atoms with E-state index in [4.69, 9.17) is 14.2 Å². The lowest BCUT2D eigenvalue weighted by Crippen LogP contribution is -2.46. The van der Waals surface area contributed by atoms with Gasteiger partial charge in [-0.3, -0.25) is 10.6 Å². The van der Waals surface area contributed by atoms with E-state index in [1.54, 1.807) is 24.0 Å². The first kappa shape index (κ1) is 43.0. The first-order valence-corrected chi connectivity index (χ1v) is 21.1. The van der Waals surface area contributed by atoms with Gasteiger partial charge in [0.05, 0.1) is 59.4 Å². The maximum atomic E-state index is 12.6. The smallest absolute Gasteiger partial charge is 0.323 e. The van der Waals surface area contributed by atoms with Crippen LogP contribution in [0.1, 0.15) is 66.7 Å². The van der Waals surface area contributed by atoms with Gasteiger partial charge in [0.1, 0.15) is 22.5 Å². The Hall–Kier alpha value is -4.16. The van der Waals surface area contributed by atoms with Crippen molar-refractivity contribution in [3.05, 3.63) is 24.3 Å². The molecule has 3 aliphatic rings. The SMILES string of the molecule is CC.CCCNc1ccc(OC)c2nc(NC(=O)N3CCC(C)(O)CC3)sc12.COc1ccc(N2CCOCC2)c2sc(NC(=O)N3CCC(C)(O)CC3)nc12. The van der Waals surface area contributed by atoms with Crippen LogP contribution in [0, 0.1) is 0 Å². The molecule has 0 saturated carbocycles. The number of aromatic nitrogens is 2. The van der Waals surface area contributed by atoms with Gasteiger partial charge in [0.2, 0.25) is 0 Å². The second-order valence-electron chi connectivity index (χ2n) is 14.4. The fourth-order valence-electron chi connectivity index (χ4n) is 6.57. The van der Waals surface area contributed by atoms with E-state index >= 15 is 0 Å². The van der Waals surface area contributed by atoms with Crippen molar-refractivity contribution in [1.29, 1.82) is 0 Å². The number of piperidine rings is 2. The van der Waals surface area contributed by atoms with Crippen LogP contribution in [0.15, 0.2) is 24.3 Å². The van der Waals surface area contributed by atoms with Crippen molar-refractivity contribution in [2.24, 2.45) is 0 Å². The summed E-state index contributed by atoms with van der Waals surface area (Å²) in [6, 6.07) is 7.47. The summed E-state index contributed by atoms with van der Waals surface area (Å²) < 4.78 is 18.3. The first-order valence-electron chi connectivity index (χ1n) is 19.5. The third kappa shape index (κ3) is 10.6. The molecule has 5 heterocycles. The Morgan fingerprint density at radius 1 is 0.768 bits per heavy atom. The number of hydrogen-bond donors (Lipinski definition) is 5. The normalized spacial score (nSPS) is 17.6. The van der Waals surface area contributed by atoms with Crippen LogP contribution in [-0.4, -0.2) is 126 Å². The minimum absolute atomic E-state index is 0.179. The monoisotopic (exact) mass is 814 g/mol. The first-order chi connectivity index (χ1) is 26.9. The topological polar surface area (TPSA) is 174 Å². The lowest BCUT2D eigenvalue weighted by molar-refractivity contribution is 0.00502. The lowest BCUT2D eigenvalue weighted by Gasteiger charge is -2.35. The standard InChI is InChI=1S/C19H26N4O4S.C18H26N4O3S.C2H6/c1-19(25)5-7-23(8-6-19)18(24)21-17-20-15-14(26-2)4-3-13(16(15)28-17)22-9-11-27-12-10-22;1-4-9-19-12-5-6-13(25-3)14-15(12)26-16(20-14)21-17(23)22-10-7-18(2,24)8-11-22;1-2/h3-4,25H,5-12H2,1-2H3,(H,20,21,24);5-6,19,24H,4,7-11H2,1-3H3,(H,20,21,23);1-2H3. The number of morpholine rings is 1. The molecule has 2 aromatic heterocycles. The maximum absolute atomic E-state index is 12.6. The van der Waals surface area contributed by atoms with E-state index in [2.05, 4.69) is 37.7 Å². The number of benzene rings is 2.